The van der Waals surface area contributed by atoms with E-state index in [0.717, 1.165) is 59.3 Å². The molecule has 1 amide bonds. The van der Waals surface area contributed by atoms with Gasteiger partial charge in [-0.15, -0.1) is 0 Å². The van der Waals surface area contributed by atoms with Gasteiger partial charge in [-0.3, -0.25) is 4.79 Å². The molecule has 1 aliphatic carbocycles. The van der Waals surface area contributed by atoms with Crippen molar-refractivity contribution in [2.45, 2.75) is 44.3 Å². The molecule has 1 fully saturated rings. The summed E-state index contributed by atoms with van der Waals surface area (Å²) < 4.78 is 8.35. The zero-order valence-corrected chi connectivity index (χ0v) is 22.7. The molecule has 2 aromatic heterocycles. The summed E-state index contributed by atoms with van der Waals surface area (Å²) in [6.45, 7) is 0.617. The van der Waals surface area contributed by atoms with Crippen LogP contribution < -0.4 is 26.8 Å². The first-order valence-corrected chi connectivity index (χ1v) is 13.9. The third kappa shape index (κ3) is 5.85. The molecule has 9 heteroatoms. The van der Waals surface area contributed by atoms with E-state index in [4.69, 9.17) is 16.2 Å². The van der Waals surface area contributed by atoms with E-state index in [1.807, 2.05) is 72.9 Å². The SMILES string of the molecule is NC(=O)c1cnc(N[C@@H]2CCCC[C@@H]2N)nc1Nc1cccc2c1ccn2Cc1ccccc1Oc1ccccc1. The number of carbonyl (C=O) groups excluding carboxylic acids is 1. The molecule has 1 saturated carbocycles. The van der Waals surface area contributed by atoms with Gasteiger partial charge < -0.3 is 31.4 Å². The maximum Gasteiger partial charge on any atom is 0.254 e. The van der Waals surface area contributed by atoms with Crippen molar-refractivity contribution >= 4 is 34.3 Å². The highest BCUT2D eigenvalue weighted by Gasteiger charge is 2.23. The van der Waals surface area contributed by atoms with Gasteiger partial charge in [0, 0.05) is 41.1 Å². The predicted octanol–water partition coefficient (Wildman–Crippen LogP) is 5.80. The van der Waals surface area contributed by atoms with Crippen LogP contribution >= 0.6 is 0 Å². The minimum Gasteiger partial charge on any atom is -0.457 e. The van der Waals surface area contributed by atoms with Gasteiger partial charge in [0.25, 0.3) is 5.91 Å². The highest BCUT2D eigenvalue weighted by atomic mass is 16.5. The first kappa shape index (κ1) is 26.3. The van der Waals surface area contributed by atoms with Crippen LogP contribution in [0.5, 0.6) is 11.5 Å². The monoisotopic (exact) mass is 547 g/mol. The summed E-state index contributed by atoms with van der Waals surface area (Å²) in [5.74, 6) is 1.76. The van der Waals surface area contributed by atoms with Gasteiger partial charge in [-0.1, -0.05) is 55.3 Å². The Morgan fingerprint density at radius 3 is 2.61 bits per heavy atom. The number of para-hydroxylation sites is 2. The Morgan fingerprint density at radius 2 is 1.78 bits per heavy atom. The van der Waals surface area contributed by atoms with Crippen LogP contribution in [-0.4, -0.2) is 32.5 Å². The van der Waals surface area contributed by atoms with Crippen LogP contribution in [0.2, 0.25) is 0 Å². The third-order valence-corrected chi connectivity index (χ3v) is 7.54. The van der Waals surface area contributed by atoms with E-state index in [0.29, 0.717) is 18.3 Å². The van der Waals surface area contributed by atoms with Crippen molar-refractivity contribution in [3.63, 3.8) is 0 Å². The van der Waals surface area contributed by atoms with Crippen molar-refractivity contribution in [3.05, 3.63) is 102 Å². The van der Waals surface area contributed by atoms with Crippen molar-refractivity contribution < 1.29 is 9.53 Å². The van der Waals surface area contributed by atoms with E-state index >= 15 is 0 Å². The van der Waals surface area contributed by atoms with Crippen LogP contribution in [0.25, 0.3) is 10.9 Å². The lowest BCUT2D eigenvalue weighted by Crippen LogP contribution is -2.43. The smallest absolute Gasteiger partial charge is 0.254 e. The quantitative estimate of drug-likeness (QED) is 0.183. The summed E-state index contributed by atoms with van der Waals surface area (Å²) in [5, 5.41) is 7.68. The molecule has 6 rings (SSSR count). The second-order valence-electron chi connectivity index (χ2n) is 10.3. The minimum absolute atomic E-state index is 0.0383. The predicted molar refractivity (Wildman–Crippen MR) is 162 cm³/mol. The molecular formula is C32H33N7O2. The van der Waals surface area contributed by atoms with E-state index in [9.17, 15) is 4.79 Å². The maximum absolute atomic E-state index is 12.2. The van der Waals surface area contributed by atoms with Gasteiger partial charge in [0.1, 0.15) is 22.9 Å². The average Bonchev–Trinajstić information content (AvgIpc) is 3.39. The number of aromatic nitrogens is 3. The number of hydrogen-bond donors (Lipinski definition) is 4. The molecule has 0 unspecified atom stereocenters. The van der Waals surface area contributed by atoms with Crippen molar-refractivity contribution in [1.82, 2.24) is 14.5 Å². The van der Waals surface area contributed by atoms with Crippen LogP contribution in [-0.2, 0) is 6.54 Å². The number of fused-ring (bicyclic) bond motifs is 1. The highest BCUT2D eigenvalue weighted by molar-refractivity contribution is 6.00. The number of carbonyl (C=O) groups is 1. The standard InChI is InChI=1S/C32H33N7O2/c33-25-12-5-6-13-27(25)37-32-35-19-24(30(34)40)31(38-32)36-26-14-8-15-28-23(26)17-18-39(28)20-21-9-4-7-16-29(21)41-22-10-2-1-3-11-22/h1-4,7-11,14-19,25,27H,5-6,12-13,20,33H2,(H2,34,40)(H2,35,36,37,38)/t25-,27+/m0/s1. The van der Waals surface area contributed by atoms with Gasteiger partial charge in [-0.25, -0.2) is 4.98 Å². The molecule has 5 aromatic rings. The fourth-order valence-corrected chi connectivity index (χ4v) is 5.36. The summed E-state index contributed by atoms with van der Waals surface area (Å²) >= 11 is 0. The molecule has 0 saturated heterocycles. The van der Waals surface area contributed by atoms with E-state index in [1.54, 1.807) is 0 Å². The average molecular weight is 548 g/mol. The summed E-state index contributed by atoms with van der Waals surface area (Å²) in [5.41, 5.74) is 15.1. The van der Waals surface area contributed by atoms with Crippen molar-refractivity contribution in [1.29, 1.82) is 0 Å². The number of amides is 1. The Kier molecular flexibility index (Phi) is 7.51. The molecule has 1 aliphatic rings. The topological polar surface area (TPSA) is 133 Å². The second kappa shape index (κ2) is 11.7. The second-order valence-corrected chi connectivity index (χ2v) is 10.3. The number of nitrogens with two attached hydrogens (primary N) is 2. The van der Waals surface area contributed by atoms with E-state index in [1.165, 1.54) is 6.20 Å². The molecule has 0 bridgehead atoms. The summed E-state index contributed by atoms with van der Waals surface area (Å²) in [6, 6.07) is 26.0. The first-order chi connectivity index (χ1) is 20.0. The first-order valence-electron chi connectivity index (χ1n) is 13.9. The van der Waals surface area contributed by atoms with Crippen LogP contribution in [0.1, 0.15) is 41.6 Å². The molecular weight excluding hydrogens is 514 g/mol. The van der Waals surface area contributed by atoms with Gasteiger partial charge in [0.2, 0.25) is 5.95 Å². The highest BCUT2D eigenvalue weighted by Crippen LogP contribution is 2.31. The van der Waals surface area contributed by atoms with Crippen LogP contribution in [0.4, 0.5) is 17.5 Å². The number of rotatable bonds is 9. The Bertz CT molecular complexity index is 1670. The number of benzene rings is 3. The maximum atomic E-state index is 12.2. The van der Waals surface area contributed by atoms with Gasteiger partial charge >= 0.3 is 0 Å². The Labute approximate surface area is 238 Å². The van der Waals surface area contributed by atoms with E-state index in [-0.39, 0.29) is 17.6 Å². The van der Waals surface area contributed by atoms with Crippen molar-refractivity contribution in [2.24, 2.45) is 11.5 Å². The van der Waals surface area contributed by atoms with Gasteiger partial charge in [-0.05, 0) is 49.2 Å². The molecule has 3 aromatic carbocycles. The van der Waals surface area contributed by atoms with Crippen molar-refractivity contribution in [3.8, 4) is 11.5 Å². The number of anilines is 3. The zero-order chi connectivity index (χ0) is 28.2. The lowest BCUT2D eigenvalue weighted by molar-refractivity contribution is 0.100. The van der Waals surface area contributed by atoms with Crippen LogP contribution in [0, 0.1) is 0 Å². The van der Waals surface area contributed by atoms with Crippen LogP contribution in [0.3, 0.4) is 0 Å². The van der Waals surface area contributed by atoms with E-state index in [2.05, 4.69) is 37.3 Å². The van der Waals surface area contributed by atoms with Crippen LogP contribution in [0.15, 0.2) is 91.3 Å². The van der Waals surface area contributed by atoms with Gasteiger partial charge in [0.15, 0.2) is 0 Å². The summed E-state index contributed by atoms with van der Waals surface area (Å²) in [4.78, 5) is 21.2. The Morgan fingerprint density at radius 1 is 0.976 bits per heavy atom. The summed E-state index contributed by atoms with van der Waals surface area (Å²) in [6.07, 6.45) is 7.66. The number of ether oxygens (including phenoxy) is 1. The largest absolute Gasteiger partial charge is 0.457 e. The fourth-order valence-electron chi connectivity index (χ4n) is 5.36. The lowest BCUT2D eigenvalue weighted by atomic mass is 9.91. The number of nitrogens with one attached hydrogen (secondary N) is 2. The molecule has 41 heavy (non-hydrogen) atoms. The van der Waals surface area contributed by atoms with E-state index < -0.39 is 5.91 Å². The van der Waals surface area contributed by atoms with Crippen molar-refractivity contribution in [2.75, 3.05) is 10.6 Å². The Balaban J connectivity index is 1.27. The molecule has 208 valence electrons. The van der Waals surface area contributed by atoms with Gasteiger partial charge in [0.05, 0.1) is 12.1 Å². The molecule has 0 aliphatic heterocycles. The number of hydrogen-bond acceptors (Lipinski definition) is 7. The molecule has 9 nitrogen and oxygen atoms in total. The lowest BCUT2D eigenvalue weighted by Gasteiger charge is -2.29. The molecule has 0 spiro atoms. The fraction of sp³-hybridized carbons (Fsp3) is 0.219. The third-order valence-electron chi connectivity index (χ3n) is 7.54. The number of nitrogens with zero attached hydrogens (tertiary/aromatic N) is 3. The molecule has 2 heterocycles. The van der Waals surface area contributed by atoms with Gasteiger partial charge in [-0.2, -0.15) is 4.98 Å². The molecule has 0 radical (unpaired) electrons. The minimum atomic E-state index is -0.604. The number of primary amides is 1. The molecule has 2 atom stereocenters. The Hall–Kier alpha value is -4.89. The zero-order valence-electron chi connectivity index (χ0n) is 22.7. The normalized spacial score (nSPS) is 16.8. The summed E-state index contributed by atoms with van der Waals surface area (Å²) in [7, 11) is 0. The molecule has 6 N–H and O–H groups in total.